The van der Waals surface area contributed by atoms with E-state index in [1.807, 2.05) is 17.8 Å². The van der Waals surface area contributed by atoms with E-state index in [1.165, 1.54) is 0 Å². The van der Waals surface area contributed by atoms with Crippen LogP contribution in [0.15, 0.2) is 4.99 Å². The number of hydrogen-bond donors (Lipinski definition) is 1. The third-order valence-electron chi connectivity index (χ3n) is 1.43. The number of aliphatic hydroxyl groups is 1. The fraction of sp³-hybridized carbons (Fsp3) is 0.714. The molecular formula is C7H13N2O+. The Labute approximate surface area is 60.7 Å². The summed E-state index contributed by atoms with van der Waals surface area (Å²) in [6, 6.07) is 0.185. The van der Waals surface area contributed by atoms with Crippen molar-refractivity contribution in [2.45, 2.75) is 25.5 Å². The topological polar surface area (TPSA) is 35.6 Å². The van der Waals surface area contributed by atoms with Crippen molar-refractivity contribution in [2.24, 2.45) is 4.99 Å². The summed E-state index contributed by atoms with van der Waals surface area (Å²) in [6.07, 6.45) is 4.23. The summed E-state index contributed by atoms with van der Waals surface area (Å²) < 4.78 is 1.91. The highest BCUT2D eigenvalue weighted by Gasteiger charge is 2.18. The average molecular weight is 141 g/mol. The van der Waals surface area contributed by atoms with Crippen LogP contribution in [0.1, 0.15) is 13.3 Å². The lowest BCUT2D eigenvalue weighted by Gasteiger charge is -1.99. The molecular weight excluding hydrogens is 128 g/mol. The fourth-order valence-electron chi connectivity index (χ4n) is 1.01. The summed E-state index contributed by atoms with van der Waals surface area (Å²) >= 11 is 0. The molecule has 0 aliphatic carbocycles. The Balaban J connectivity index is 2.40. The van der Waals surface area contributed by atoms with Crippen LogP contribution in [0.5, 0.6) is 0 Å². The van der Waals surface area contributed by atoms with E-state index in [9.17, 15) is 0 Å². The van der Waals surface area contributed by atoms with E-state index < -0.39 is 0 Å². The predicted octanol–water partition coefficient (Wildman–Crippen LogP) is -0.119. The first-order valence-electron chi connectivity index (χ1n) is 3.47. The van der Waals surface area contributed by atoms with Crippen LogP contribution in [0.25, 0.3) is 0 Å². The van der Waals surface area contributed by atoms with Crippen LogP contribution in [0, 0.1) is 0 Å². The van der Waals surface area contributed by atoms with Crippen molar-refractivity contribution in [3.05, 3.63) is 0 Å². The minimum atomic E-state index is -0.259. The van der Waals surface area contributed by atoms with Crippen molar-refractivity contribution < 1.29 is 9.68 Å². The Morgan fingerprint density at radius 1 is 1.80 bits per heavy atom. The fourth-order valence-corrected chi connectivity index (χ4v) is 1.01. The maximum absolute atomic E-state index is 8.99. The second-order valence-corrected chi connectivity index (χ2v) is 2.73. The van der Waals surface area contributed by atoms with Gasteiger partial charge in [-0.15, -0.1) is 0 Å². The quantitative estimate of drug-likeness (QED) is 0.535. The number of nitrogens with zero attached hydrogens (tertiary/aromatic N) is 2. The molecule has 2 unspecified atom stereocenters. The molecule has 1 N–H and O–H groups in total. The van der Waals surface area contributed by atoms with Crippen LogP contribution >= 0.6 is 0 Å². The highest BCUT2D eigenvalue weighted by Crippen LogP contribution is 2.01. The number of rotatable bonds is 2. The van der Waals surface area contributed by atoms with E-state index in [1.54, 1.807) is 13.3 Å². The maximum Gasteiger partial charge on any atom is 0.280 e. The van der Waals surface area contributed by atoms with Crippen molar-refractivity contribution in [1.29, 1.82) is 0 Å². The van der Waals surface area contributed by atoms with Gasteiger partial charge in [0.25, 0.3) is 6.34 Å². The van der Waals surface area contributed by atoms with Crippen LogP contribution in [-0.2, 0) is 0 Å². The molecule has 0 aromatic rings. The van der Waals surface area contributed by atoms with Gasteiger partial charge in [0.1, 0.15) is 6.21 Å². The molecule has 0 amide bonds. The molecule has 3 nitrogen and oxygen atoms in total. The Morgan fingerprint density at radius 3 is 2.90 bits per heavy atom. The Bertz CT molecular complexity index is 172. The first-order chi connectivity index (χ1) is 4.68. The molecule has 0 fully saturated rings. The van der Waals surface area contributed by atoms with Crippen molar-refractivity contribution in [1.82, 2.24) is 0 Å². The molecule has 1 aliphatic rings. The molecule has 3 heteroatoms. The number of aliphatic imine (C=N–C) groups is 1. The van der Waals surface area contributed by atoms with E-state index in [4.69, 9.17) is 5.11 Å². The zero-order valence-electron chi connectivity index (χ0n) is 6.36. The first kappa shape index (κ1) is 7.41. The standard InChI is InChI=1S/C7H13N2O/c1-6(10)3-7-4-9(2)5-8-7/h4-7,10H,3H2,1-2H3/q+1. The molecule has 0 saturated carbocycles. The summed E-state index contributed by atoms with van der Waals surface area (Å²) in [7, 11) is 1.94. The second kappa shape index (κ2) is 2.92. The summed E-state index contributed by atoms with van der Waals surface area (Å²) in [4.78, 5) is 4.14. The van der Waals surface area contributed by atoms with Crippen molar-refractivity contribution in [2.75, 3.05) is 7.05 Å². The van der Waals surface area contributed by atoms with Crippen LogP contribution in [-0.4, -0.2) is 41.4 Å². The van der Waals surface area contributed by atoms with Crippen LogP contribution in [0.4, 0.5) is 0 Å². The Kier molecular flexibility index (Phi) is 2.17. The summed E-state index contributed by atoms with van der Waals surface area (Å²) in [5, 5.41) is 8.99. The summed E-state index contributed by atoms with van der Waals surface area (Å²) in [5.41, 5.74) is 0. The van der Waals surface area contributed by atoms with Gasteiger partial charge >= 0.3 is 0 Å². The largest absolute Gasteiger partial charge is 0.393 e. The minimum Gasteiger partial charge on any atom is -0.393 e. The Hall–Kier alpha value is -0.700. The molecule has 0 radical (unpaired) electrons. The first-order valence-corrected chi connectivity index (χ1v) is 3.47. The van der Waals surface area contributed by atoms with Gasteiger partial charge in [0.05, 0.1) is 13.2 Å². The van der Waals surface area contributed by atoms with E-state index >= 15 is 0 Å². The van der Waals surface area contributed by atoms with E-state index in [0.29, 0.717) is 0 Å². The molecule has 1 aliphatic heterocycles. The third-order valence-corrected chi connectivity index (χ3v) is 1.43. The molecule has 1 rings (SSSR count). The van der Waals surface area contributed by atoms with Gasteiger partial charge in [-0.3, -0.25) is 0 Å². The molecule has 10 heavy (non-hydrogen) atoms. The molecule has 2 atom stereocenters. The molecule has 0 spiro atoms. The van der Waals surface area contributed by atoms with Gasteiger partial charge in [0.15, 0.2) is 6.04 Å². The zero-order valence-corrected chi connectivity index (χ0v) is 6.36. The molecule has 0 aromatic heterocycles. The Morgan fingerprint density at radius 2 is 2.50 bits per heavy atom. The molecule has 1 heterocycles. The number of hydrogen-bond acceptors (Lipinski definition) is 2. The lowest BCUT2D eigenvalue weighted by Crippen LogP contribution is -2.14. The molecule has 0 aromatic carbocycles. The van der Waals surface area contributed by atoms with Crippen LogP contribution in [0.2, 0.25) is 0 Å². The molecule has 56 valence electrons. The summed E-state index contributed by atoms with van der Waals surface area (Å²) in [6.45, 7) is 1.78. The van der Waals surface area contributed by atoms with Crippen molar-refractivity contribution >= 4 is 12.6 Å². The molecule has 0 saturated heterocycles. The van der Waals surface area contributed by atoms with Gasteiger partial charge in [-0.05, 0) is 6.92 Å². The van der Waals surface area contributed by atoms with Crippen LogP contribution in [0.3, 0.4) is 0 Å². The normalized spacial score (nSPS) is 26.7. The highest BCUT2D eigenvalue weighted by molar-refractivity contribution is 5.71. The van der Waals surface area contributed by atoms with Gasteiger partial charge in [-0.25, -0.2) is 4.58 Å². The van der Waals surface area contributed by atoms with Gasteiger partial charge in [-0.2, -0.15) is 0 Å². The lowest BCUT2D eigenvalue weighted by molar-refractivity contribution is -0.351. The second-order valence-electron chi connectivity index (χ2n) is 2.73. The number of aliphatic hydroxyl groups excluding tert-OH is 1. The van der Waals surface area contributed by atoms with Crippen molar-refractivity contribution in [3.63, 3.8) is 0 Å². The summed E-state index contributed by atoms with van der Waals surface area (Å²) in [5.74, 6) is 0. The zero-order chi connectivity index (χ0) is 7.56. The smallest absolute Gasteiger partial charge is 0.280 e. The minimum absolute atomic E-state index is 0.185. The SMILES string of the molecule is CC(O)CC1C=[N+](C)C=N1. The van der Waals surface area contributed by atoms with E-state index in [2.05, 4.69) is 4.99 Å². The van der Waals surface area contributed by atoms with Gasteiger partial charge < -0.3 is 5.11 Å². The van der Waals surface area contributed by atoms with Gasteiger partial charge in [0.2, 0.25) is 0 Å². The van der Waals surface area contributed by atoms with E-state index in [-0.39, 0.29) is 12.1 Å². The van der Waals surface area contributed by atoms with Crippen LogP contribution < -0.4 is 0 Å². The average Bonchev–Trinajstić information content (AvgIpc) is 2.13. The van der Waals surface area contributed by atoms with E-state index in [0.717, 1.165) is 6.42 Å². The molecule has 0 bridgehead atoms. The predicted molar refractivity (Wildman–Crippen MR) is 40.8 cm³/mol. The van der Waals surface area contributed by atoms with Crippen molar-refractivity contribution in [3.8, 4) is 0 Å². The van der Waals surface area contributed by atoms with Gasteiger partial charge in [-0.1, -0.05) is 4.99 Å². The lowest BCUT2D eigenvalue weighted by atomic mass is 10.2. The maximum atomic E-state index is 8.99. The third kappa shape index (κ3) is 1.92. The van der Waals surface area contributed by atoms with Gasteiger partial charge in [0, 0.05) is 6.42 Å². The highest BCUT2D eigenvalue weighted by atomic mass is 16.3. The monoisotopic (exact) mass is 141 g/mol.